The lowest BCUT2D eigenvalue weighted by Gasteiger charge is -2.05. The van der Waals surface area contributed by atoms with Crippen molar-refractivity contribution in [3.05, 3.63) is 12.4 Å². The molecular weight excluding hydrogens is 188 g/mol. The van der Waals surface area contributed by atoms with Crippen LogP contribution in [0, 0.1) is 5.92 Å². The molecular formula is C11H18N4. The predicted octanol–water partition coefficient (Wildman–Crippen LogP) is 2.12. The van der Waals surface area contributed by atoms with Crippen molar-refractivity contribution in [2.24, 2.45) is 5.92 Å². The molecule has 4 nitrogen and oxygen atoms in total. The highest BCUT2D eigenvalue weighted by atomic mass is 15.1. The van der Waals surface area contributed by atoms with Crippen LogP contribution >= 0.6 is 0 Å². The van der Waals surface area contributed by atoms with E-state index in [4.69, 9.17) is 0 Å². The molecule has 1 aromatic rings. The van der Waals surface area contributed by atoms with Gasteiger partial charge in [-0.05, 0) is 18.8 Å². The molecule has 0 bridgehead atoms. The molecule has 1 fully saturated rings. The monoisotopic (exact) mass is 206 g/mol. The van der Waals surface area contributed by atoms with Crippen LogP contribution < -0.4 is 10.6 Å². The van der Waals surface area contributed by atoms with Gasteiger partial charge in [-0.2, -0.15) is 0 Å². The van der Waals surface area contributed by atoms with Gasteiger partial charge in [-0.25, -0.2) is 9.97 Å². The van der Waals surface area contributed by atoms with E-state index in [0.717, 1.165) is 17.6 Å². The van der Waals surface area contributed by atoms with Crippen molar-refractivity contribution in [3.8, 4) is 0 Å². The molecule has 2 N–H and O–H groups in total. The molecule has 2 unspecified atom stereocenters. The van der Waals surface area contributed by atoms with Crippen LogP contribution in [-0.4, -0.2) is 23.1 Å². The Labute approximate surface area is 90.5 Å². The van der Waals surface area contributed by atoms with Gasteiger partial charge in [-0.1, -0.05) is 13.3 Å². The topological polar surface area (TPSA) is 49.8 Å². The lowest BCUT2D eigenvalue weighted by atomic mass is 10.2. The second-order valence-corrected chi connectivity index (χ2v) is 4.07. The van der Waals surface area contributed by atoms with E-state index in [1.807, 2.05) is 13.1 Å². The fraction of sp³-hybridized carbons (Fsp3) is 0.636. The molecule has 0 amide bonds. The molecule has 2 rings (SSSR count). The largest absolute Gasteiger partial charge is 0.373 e. The van der Waals surface area contributed by atoms with E-state index in [0.29, 0.717) is 6.04 Å². The van der Waals surface area contributed by atoms with Crippen molar-refractivity contribution >= 4 is 11.6 Å². The summed E-state index contributed by atoms with van der Waals surface area (Å²) in [4.78, 5) is 8.28. The molecule has 1 aromatic heterocycles. The Hall–Kier alpha value is -1.32. The van der Waals surface area contributed by atoms with E-state index < -0.39 is 0 Å². The second kappa shape index (κ2) is 4.47. The molecule has 2 atom stereocenters. The van der Waals surface area contributed by atoms with Gasteiger partial charge in [0, 0.05) is 19.2 Å². The maximum absolute atomic E-state index is 4.20. The third-order valence-electron chi connectivity index (χ3n) is 2.84. The summed E-state index contributed by atoms with van der Waals surface area (Å²) in [7, 11) is 1.86. The number of rotatable bonds is 5. The Morgan fingerprint density at radius 3 is 2.93 bits per heavy atom. The van der Waals surface area contributed by atoms with Gasteiger partial charge < -0.3 is 10.6 Å². The molecule has 0 saturated heterocycles. The molecule has 0 radical (unpaired) electrons. The van der Waals surface area contributed by atoms with Gasteiger partial charge in [0.1, 0.15) is 18.0 Å². The van der Waals surface area contributed by atoms with E-state index in [2.05, 4.69) is 27.5 Å². The highest BCUT2D eigenvalue weighted by Crippen LogP contribution is 2.36. The lowest BCUT2D eigenvalue weighted by molar-refractivity contribution is 0.692. The third-order valence-corrected chi connectivity index (χ3v) is 2.84. The Balaban J connectivity index is 1.89. The molecule has 0 aliphatic heterocycles. The second-order valence-electron chi connectivity index (χ2n) is 4.07. The van der Waals surface area contributed by atoms with Crippen LogP contribution in [0.3, 0.4) is 0 Å². The van der Waals surface area contributed by atoms with Crippen molar-refractivity contribution in [2.45, 2.75) is 32.2 Å². The maximum atomic E-state index is 4.20. The molecule has 4 heteroatoms. The first-order chi connectivity index (χ1) is 7.33. The number of anilines is 2. The highest BCUT2D eigenvalue weighted by Gasteiger charge is 2.36. The molecule has 15 heavy (non-hydrogen) atoms. The summed E-state index contributed by atoms with van der Waals surface area (Å²) in [6.07, 6.45) is 5.47. The minimum atomic E-state index is 0.629. The van der Waals surface area contributed by atoms with E-state index in [9.17, 15) is 0 Å². The van der Waals surface area contributed by atoms with E-state index in [1.54, 1.807) is 6.33 Å². The predicted molar refractivity (Wildman–Crippen MR) is 62.0 cm³/mol. The number of nitrogens with zero attached hydrogens (tertiary/aromatic N) is 2. The molecule has 1 heterocycles. The SMILES string of the molecule is CCCC1CC1Nc1cc(NC)ncn1. The van der Waals surface area contributed by atoms with Gasteiger partial charge in [0.25, 0.3) is 0 Å². The lowest BCUT2D eigenvalue weighted by Crippen LogP contribution is -2.07. The van der Waals surface area contributed by atoms with Gasteiger partial charge in [-0.15, -0.1) is 0 Å². The van der Waals surface area contributed by atoms with Crippen LogP contribution in [0.4, 0.5) is 11.6 Å². The quantitative estimate of drug-likeness (QED) is 0.774. The Kier molecular flexibility index (Phi) is 3.04. The van der Waals surface area contributed by atoms with Crippen LogP contribution in [-0.2, 0) is 0 Å². The van der Waals surface area contributed by atoms with Gasteiger partial charge in [-0.3, -0.25) is 0 Å². The summed E-state index contributed by atoms with van der Waals surface area (Å²) in [5.74, 6) is 2.64. The highest BCUT2D eigenvalue weighted by molar-refractivity contribution is 5.47. The number of aromatic nitrogens is 2. The Morgan fingerprint density at radius 1 is 1.40 bits per heavy atom. The molecule has 0 aromatic carbocycles. The number of hydrogen-bond donors (Lipinski definition) is 2. The molecule has 1 saturated carbocycles. The average Bonchev–Trinajstić information content (AvgIpc) is 2.97. The minimum absolute atomic E-state index is 0.629. The van der Waals surface area contributed by atoms with Crippen molar-refractivity contribution in [1.29, 1.82) is 0 Å². The Morgan fingerprint density at radius 2 is 2.20 bits per heavy atom. The average molecular weight is 206 g/mol. The van der Waals surface area contributed by atoms with Crippen molar-refractivity contribution in [3.63, 3.8) is 0 Å². The van der Waals surface area contributed by atoms with Crippen molar-refractivity contribution < 1.29 is 0 Å². The van der Waals surface area contributed by atoms with Crippen molar-refractivity contribution in [2.75, 3.05) is 17.7 Å². The summed E-state index contributed by atoms with van der Waals surface area (Å²) >= 11 is 0. The normalized spacial score (nSPS) is 23.6. The standard InChI is InChI=1S/C11H18N4/c1-3-4-8-5-9(8)15-11-6-10(12-2)13-7-14-11/h6-9H,3-5H2,1-2H3,(H2,12,13,14,15). The first-order valence-electron chi connectivity index (χ1n) is 5.59. The Bertz CT molecular complexity index is 326. The summed E-state index contributed by atoms with van der Waals surface area (Å²) in [5.41, 5.74) is 0. The van der Waals surface area contributed by atoms with E-state index in [1.165, 1.54) is 19.3 Å². The summed E-state index contributed by atoms with van der Waals surface area (Å²) in [5, 5.41) is 6.44. The van der Waals surface area contributed by atoms with Gasteiger partial charge in [0.05, 0.1) is 0 Å². The number of nitrogens with one attached hydrogen (secondary N) is 2. The molecule has 1 aliphatic carbocycles. The fourth-order valence-corrected chi connectivity index (χ4v) is 1.88. The van der Waals surface area contributed by atoms with Gasteiger partial charge >= 0.3 is 0 Å². The fourth-order valence-electron chi connectivity index (χ4n) is 1.88. The first-order valence-corrected chi connectivity index (χ1v) is 5.59. The zero-order chi connectivity index (χ0) is 10.7. The van der Waals surface area contributed by atoms with Crippen LogP contribution in [0.1, 0.15) is 26.2 Å². The van der Waals surface area contributed by atoms with E-state index in [-0.39, 0.29) is 0 Å². The van der Waals surface area contributed by atoms with Crippen LogP contribution in [0.5, 0.6) is 0 Å². The van der Waals surface area contributed by atoms with E-state index >= 15 is 0 Å². The zero-order valence-corrected chi connectivity index (χ0v) is 9.33. The first kappa shape index (κ1) is 10.2. The summed E-state index contributed by atoms with van der Waals surface area (Å²) in [6.45, 7) is 2.24. The smallest absolute Gasteiger partial charge is 0.131 e. The van der Waals surface area contributed by atoms with Gasteiger partial charge in [0.15, 0.2) is 0 Å². The molecule has 82 valence electrons. The third kappa shape index (κ3) is 2.58. The maximum Gasteiger partial charge on any atom is 0.131 e. The van der Waals surface area contributed by atoms with Crippen LogP contribution in [0.25, 0.3) is 0 Å². The van der Waals surface area contributed by atoms with Gasteiger partial charge in [0.2, 0.25) is 0 Å². The minimum Gasteiger partial charge on any atom is -0.373 e. The van der Waals surface area contributed by atoms with Crippen LogP contribution in [0.2, 0.25) is 0 Å². The van der Waals surface area contributed by atoms with Crippen LogP contribution in [0.15, 0.2) is 12.4 Å². The zero-order valence-electron chi connectivity index (χ0n) is 9.33. The molecule has 1 aliphatic rings. The summed E-state index contributed by atoms with van der Waals surface area (Å²) in [6, 6.07) is 2.57. The van der Waals surface area contributed by atoms with Crippen molar-refractivity contribution in [1.82, 2.24) is 9.97 Å². The molecule has 0 spiro atoms. The summed E-state index contributed by atoms with van der Waals surface area (Å²) < 4.78 is 0. The number of hydrogen-bond acceptors (Lipinski definition) is 4.